The van der Waals surface area contributed by atoms with E-state index in [4.69, 9.17) is 5.73 Å². The summed E-state index contributed by atoms with van der Waals surface area (Å²) in [5.41, 5.74) is 9.41. The zero-order valence-electron chi connectivity index (χ0n) is 11.7. The topological polar surface area (TPSA) is 54.7 Å². The summed E-state index contributed by atoms with van der Waals surface area (Å²) in [4.78, 5) is 0. The standard InChI is InChI=1S/C15H23N3/c1-4-15(7-5-6-8-15)10-18-12(3)11(2)13(9-16)14(18)17/h4-8,10,17H2,1-3H3. The van der Waals surface area contributed by atoms with Gasteiger partial charge in [0.25, 0.3) is 0 Å². The van der Waals surface area contributed by atoms with Crippen LogP contribution in [0.3, 0.4) is 0 Å². The molecule has 18 heavy (non-hydrogen) atoms. The van der Waals surface area contributed by atoms with Crippen LogP contribution < -0.4 is 5.73 Å². The van der Waals surface area contributed by atoms with Crippen LogP contribution in [0.2, 0.25) is 0 Å². The maximum absolute atomic E-state index is 9.18. The van der Waals surface area contributed by atoms with Crippen LogP contribution in [0.4, 0.5) is 5.82 Å². The molecule has 1 saturated carbocycles. The van der Waals surface area contributed by atoms with Crippen LogP contribution >= 0.6 is 0 Å². The summed E-state index contributed by atoms with van der Waals surface area (Å²) in [6.45, 7) is 7.32. The van der Waals surface area contributed by atoms with Crippen molar-refractivity contribution in [3.8, 4) is 6.07 Å². The van der Waals surface area contributed by atoms with E-state index >= 15 is 0 Å². The average molecular weight is 245 g/mol. The average Bonchev–Trinajstić information content (AvgIpc) is 2.91. The smallest absolute Gasteiger partial charge is 0.122 e. The molecule has 3 nitrogen and oxygen atoms in total. The molecule has 3 heteroatoms. The van der Waals surface area contributed by atoms with Crippen LogP contribution in [0.25, 0.3) is 0 Å². The molecule has 0 unspecified atom stereocenters. The van der Waals surface area contributed by atoms with Gasteiger partial charge in [-0.25, -0.2) is 0 Å². The number of aromatic nitrogens is 1. The summed E-state index contributed by atoms with van der Waals surface area (Å²) >= 11 is 0. The third-order valence-electron chi connectivity index (χ3n) is 4.89. The van der Waals surface area contributed by atoms with Crippen molar-refractivity contribution >= 4 is 5.82 Å². The molecule has 0 saturated heterocycles. The van der Waals surface area contributed by atoms with E-state index in [-0.39, 0.29) is 0 Å². The van der Waals surface area contributed by atoms with Crippen LogP contribution in [-0.2, 0) is 6.54 Å². The molecule has 0 amide bonds. The summed E-state index contributed by atoms with van der Waals surface area (Å²) in [7, 11) is 0. The maximum Gasteiger partial charge on any atom is 0.122 e. The summed E-state index contributed by atoms with van der Waals surface area (Å²) in [6.07, 6.45) is 6.45. The molecule has 0 atom stereocenters. The Morgan fingerprint density at radius 1 is 1.33 bits per heavy atom. The van der Waals surface area contributed by atoms with E-state index < -0.39 is 0 Å². The van der Waals surface area contributed by atoms with Crippen molar-refractivity contribution in [3.05, 3.63) is 16.8 Å². The number of nitrogens with two attached hydrogens (primary N) is 1. The molecule has 1 aromatic rings. The van der Waals surface area contributed by atoms with E-state index in [9.17, 15) is 5.26 Å². The number of anilines is 1. The molecule has 1 heterocycles. The van der Waals surface area contributed by atoms with E-state index in [0.717, 1.165) is 17.8 Å². The van der Waals surface area contributed by atoms with Gasteiger partial charge in [-0.15, -0.1) is 0 Å². The fourth-order valence-electron chi connectivity index (χ4n) is 3.32. The molecule has 1 aliphatic rings. The van der Waals surface area contributed by atoms with Gasteiger partial charge in [0.2, 0.25) is 0 Å². The third-order valence-corrected chi connectivity index (χ3v) is 4.89. The van der Waals surface area contributed by atoms with E-state index in [0.29, 0.717) is 16.8 Å². The zero-order valence-corrected chi connectivity index (χ0v) is 11.7. The van der Waals surface area contributed by atoms with Crippen LogP contribution in [0.1, 0.15) is 55.8 Å². The minimum absolute atomic E-state index is 0.400. The Balaban J connectivity index is 2.38. The van der Waals surface area contributed by atoms with Crippen LogP contribution in [0.15, 0.2) is 0 Å². The van der Waals surface area contributed by atoms with E-state index in [1.807, 2.05) is 6.92 Å². The lowest BCUT2D eigenvalue weighted by molar-refractivity contribution is 0.237. The Morgan fingerprint density at radius 3 is 2.39 bits per heavy atom. The Kier molecular flexibility index (Phi) is 3.38. The van der Waals surface area contributed by atoms with Gasteiger partial charge in [0.1, 0.15) is 11.9 Å². The third kappa shape index (κ3) is 1.90. The Labute approximate surface area is 110 Å². The molecule has 0 bridgehead atoms. The van der Waals surface area contributed by atoms with Gasteiger partial charge in [-0.1, -0.05) is 19.8 Å². The van der Waals surface area contributed by atoms with Crippen molar-refractivity contribution in [2.45, 2.75) is 59.4 Å². The lowest BCUT2D eigenvalue weighted by atomic mass is 9.83. The second kappa shape index (κ2) is 4.68. The molecule has 0 aliphatic heterocycles. The second-order valence-corrected chi connectivity index (χ2v) is 5.73. The van der Waals surface area contributed by atoms with Gasteiger partial charge in [-0.3, -0.25) is 0 Å². The van der Waals surface area contributed by atoms with Gasteiger partial charge < -0.3 is 10.3 Å². The van der Waals surface area contributed by atoms with Gasteiger partial charge in [0.05, 0.1) is 5.56 Å². The van der Waals surface area contributed by atoms with Gasteiger partial charge in [0.15, 0.2) is 0 Å². The molecule has 2 rings (SSSR count). The van der Waals surface area contributed by atoms with Gasteiger partial charge in [-0.2, -0.15) is 5.26 Å². The highest BCUT2D eigenvalue weighted by molar-refractivity contribution is 5.57. The Morgan fingerprint density at radius 2 is 1.94 bits per heavy atom. The molecule has 2 N–H and O–H groups in total. The number of nitrogens with zero attached hydrogens (tertiary/aromatic N) is 2. The molecule has 1 aliphatic carbocycles. The highest BCUT2D eigenvalue weighted by Gasteiger charge is 2.33. The first-order valence-corrected chi connectivity index (χ1v) is 6.90. The highest BCUT2D eigenvalue weighted by Crippen LogP contribution is 2.43. The molecule has 0 spiro atoms. The molecular weight excluding hydrogens is 222 g/mol. The quantitative estimate of drug-likeness (QED) is 0.885. The summed E-state index contributed by atoms with van der Waals surface area (Å²) in [6, 6.07) is 2.23. The van der Waals surface area contributed by atoms with Gasteiger partial charge in [0, 0.05) is 12.2 Å². The van der Waals surface area contributed by atoms with Crippen molar-refractivity contribution < 1.29 is 0 Å². The lowest BCUT2D eigenvalue weighted by Gasteiger charge is -2.29. The molecule has 98 valence electrons. The van der Waals surface area contributed by atoms with Crippen LogP contribution in [0.5, 0.6) is 0 Å². The fourth-order valence-corrected chi connectivity index (χ4v) is 3.32. The first kappa shape index (κ1) is 13.0. The van der Waals surface area contributed by atoms with Gasteiger partial charge >= 0.3 is 0 Å². The van der Waals surface area contributed by atoms with Crippen molar-refractivity contribution in [1.82, 2.24) is 4.57 Å². The van der Waals surface area contributed by atoms with Crippen molar-refractivity contribution in [2.75, 3.05) is 5.73 Å². The summed E-state index contributed by atoms with van der Waals surface area (Å²) in [5.74, 6) is 0.659. The summed E-state index contributed by atoms with van der Waals surface area (Å²) in [5, 5.41) is 9.18. The molecule has 1 fully saturated rings. The Bertz CT molecular complexity index is 485. The Hall–Kier alpha value is -1.43. The van der Waals surface area contributed by atoms with E-state index in [1.54, 1.807) is 0 Å². The molecule has 1 aromatic heterocycles. The van der Waals surface area contributed by atoms with Gasteiger partial charge in [-0.05, 0) is 44.1 Å². The highest BCUT2D eigenvalue weighted by atomic mass is 15.1. The number of rotatable bonds is 3. The van der Waals surface area contributed by atoms with E-state index in [1.165, 1.54) is 32.1 Å². The van der Waals surface area contributed by atoms with E-state index in [2.05, 4.69) is 24.5 Å². The fraction of sp³-hybridized carbons (Fsp3) is 0.667. The van der Waals surface area contributed by atoms with Crippen LogP contribution in [-0.4, -0.2) is 4.57 Å². The predicted octanol–water partition coefficient (Wildman–Crippen LogP) is 3.53. The minimum atomic E-state index is 0.400. The molecular formula is C15H23N3. The number of nitrogen functional groups attached to an aromatic ring is 1. The van der Waals surface area contributed by atoms with Crippen molar-refractivity contribution in [3.63, 3.8) is 0 Å². The number of nitriles is 1. The number of hydrogen-bond acceptors (Lipinski definition) is 2. The van der Waals surface area contributed by atoms with Crippen LogP contribution in [0, 0.1) is 30.6 Å². The zero-order chi connectivity index (χ0) is 13.3. The minimum Gasteiger partial charge on any atom is -0.384 e. The number of hydrogen-bond donors (Lipinski definition) is 1. The first-order valence-electron chi connectivity index (χ1n) is 6.90. The summed E-state index contributed by atoms with van der Waals surface area (Å²) < 4.78 is 2.17. The normalized spacial score (nSPS) is 17.9. The molecule has 0 aromatic carbocycles. The predicted molar refractivity (Wildman–Crippen MR) is 74.2 cm³/mol. The molecule has 0 radical (unpaired) electrons. The largest absolute Gasteiger partial charge is 0.384 e. The first-order chi connectivity index (χ1) is 8.54. The monoisotopic (exact) mass is 245 g/mol. The van der Waals surface area contributed by atoms with Crippen molar-refractivity contribution in [2.24, 2.45) is 5.41 Å². The maximum atomic E-state index is 9.18. The van der Waals surface area contributed by atoms with Crippen molar-refractivity contribution in [1.29, 1.82) is 5.26 Å². The lowest BCUT2D eigenvalue weighted by Crippen LogP contribution is -2.24. The SMILES string of the molecule is CCC1(Cn2c(C)c(C)c(C#N)c2N)CCCC1. The second-order valence-electron chi connectivity index (χ2n) is 5.73.